The summed E-state index contributed by atoms with van der Waals surface area (Å²) in [6.07, 6.45) is 0.235. The second kappa shape index (κ2) is 5.65. The number of carbonyl (C=O) groups is 1. The van der Waals surface area contributed by atoms with Gasteiger partial charge in [-0.1, -0.05) is 36.4 Å². The van der Waals surface area contributed by atoms with E-state index in [-0.39, 0.29) is 12.3 Å². The van der Waals surface area contributed by atoms with Crippen LogP contribution in [0.1, 0.15) is 15.9 Å². The SMILES string of the molecule is N#CCc1ccccc1C(=O)Nc1ccccc1. The lowest BCUT2D eigenvalue weighted by Crippen LogP contribution is -2.13. The van der Waals surface area contributed by atoms with Crippen LogP contribution in [0.3, 0.4) is 0 Å². The minimum absolute atomic E-state index is 0.188. The van der Waals surface area contributed by atoms with Crippen LogP contribution in [0, 0.1) is 11.3 Å². The van der Waals surface area contributed by atoms with Gasteiger partial charge in [0.25, 0.3) is 5.91 Å². The number of amides is 1. The summed E-state index contributed by atoms with van der Waals surface area (Å²) in [6, 6.07) is 18.5. The lowest BCUT2D eigenvalue weighted by Gasteiger charge is -2.07. The zero-order valence-electron chi connectivity index (χ0n) is 9.76. The van der Waals surface area contributed by atoms with Gasteiger partial charge in [0.1, 0.15) is 0 Å². The van der Waals surface area contributed by atoms with Gasteiger partial charge in [-0.25, -0.2) is 0 Å². The van der Waals surface area contributed by atoms with Crippen molar-refractivity contribution in [3.63, 3.8) is 0 Å². The molecule has 1 amide bonds. The average Bonchev–Trinajstić information content (AvgIpc) is 2.41. The highest BCUT2D eigenvalue weighted by atomic mass is 16.1. The van der Waals surface area contributed by atoms with E-state index in [2.05, 4.69) is 11.4 Å². The number of anilines is 1. The maximum absolute atomic E-state index is 12.1. The monoisotopic (exact) mass is 236 g/mol. The van der Waals surface area contributed by atoms with Gasteiger partial charge in [-0.2, -0.15) is 5.26 Å². The molecular weight excluding hydrogens is 224 g/mol. The molecule has 0 aromatic heterocycles. The number of nitriles is 1. The number of carbonyl (C=O) groups excluding carboxylic acids is 1. The minimum atomic E-state index is -0.188. The minimum Gasteiger partial charge on any atom is -0.322 e. The molecule has 0 bridgehead atoms. The van der Waals surface area contributed by atoms with Gasteiger partial charge >= 0.3 is 0 Å². The van der Waals surface area contributed by atoms with Crippen molar-refractivity contribution >= 4 is 11.6 Å². The molecule has 0 spiro atoms. The molecule has 1 N–H and O–H groups in total. The third-order valence-corrected chi connectivity index (χ3v) is 2.56. The molecule has 0 aliphatic carbocycles. The van der Waals surface area contributed by atoms with Crippen LogP contribution in [0.25, 0.3) is 0 Å². The smallest absolute Gasteiger partial charge is 0.255 e. The number of nitrogens with one attached hydrogen (secondary N) is 1. The lowest BCUT2D eigenvalue weighted by atomic mass is 10.0. The first-order valence-corrected chi connectivity index (χ1v) is 5.62. The predicted molar refractivity (Wildman–Crippen MR) is 70.2 cm³/mol. The van der Waals surface area contributed by atoms with Gasteiger partial charge in [0.2, 0.25) is 0 Å². The molecule has 2 aromatic rings. The maximum Gasteiger partial charge on any atom is 0.255 e. The van der Waals surface area contributed by atoms with E-state index in [1.54, 1.807) is 18.2 Å². The number of hydrogen-bond donors (Lipinski definition) is 1. The summed E-state index contributed by atoms with van der Waals surface area (Å²) in [5.41, 5.74) is 2.03. The highest BCUT2D eigenvalue weighted by molar-refractivity contribution is 6.05. The predicted octanol–water partition coefficient (Wildman–Crippen LogP) is 3.00. The molecule has 0 saturated heterocycles. The summed E-state index contributed by atoms with van der Waals surface area (Å²) in [4.78, 5) is 12.1. The molecule has 0 saturated carbocycles. The molecule has 3 heteroatoms. The lowest BCUT2D eigenvalue weighted by molar-refractivity contribution is 0.102. The van der Waals surface area contributed by atoms with Crippen LogP contribution in [0.5, 0.6) is 0 Å². The van der Waals surface area contributed by atoms with E-state index in [1.807, 2.05) is 36.4 Å². The summed E-state index contributed by atoms with van der Waals surface area (Å²) in [5.74, 6) is -0.188. The molecule has 0 aliphatic rings. The van der Waals surface area contributed by atoms with Crippen LogP contribution in [0.2, 0.25) is 0 Å². The molecule has 18 heavy (non-hydrogen) atoms. The highest BCUT2D eigenvalue weighted by Gasteiger charge is 2.10. The second-order valence-electron chi connectivity index (χ2n) is 3.81. The van der Waals surface area contributed by atoms with Gasteiger partial charge in [-0.15, -0.1) is 0 Å². The fraction of sp³-hybridized carbons (Fsp3) is 0.0667. The van der Waals surface area contributed by atoms with Gasteiger partial charge < -0.3 is 5.32 Å². The molecular formula is C15H12N2O. The molecule has 88 valence electrons. The van der Waals surface area contributed by atoms with E-state index < -0.39 is 0 Å². The van der Waals surface area contributed by atoms with Crippen molar-refractivity contribution in [1.29, 1.82) is 5.26 Å². The first-order chi connectivity index (χ1) is 8.81. The first kappa shape index (κ1) is 11.9. The summed E-state index contributed by atoms with van der Waals surface area (Å²) >= 11 is 0. The van der Waals surface area contributed by atoms with Crippen molar-refractivity contribution in [3.8, 4) is 6.07 Å². The molecule has 3 nitrogen and oxygen atoms in total. The Morgan fingerprint density at radius 3 is 2.44 bits per heavy atom. The molecule has 0 aliphatic heterocycles. The Morgan fingerprint density at radius 2 is 1.72 bits per heavy atom. The fourth-order valence-electron chi connectivity index (χ4n) is 1.70. The van der Waals surface area contributed by atoms with Crippen molar-refractivity contribution in [3.05, 3.63) is 65.7 Å². The van der Waals surface area contributed by atoms with Gasteiger partial charge in [-0.05, 0) is 23.8 Å². The van der Waals surface area contributed by atoms with Crippen LogP contribution in [-0.4, -0.2) is 5.91 Å². The molecule has 0 fully saturated rings. The van der Waals surface area contributed by atoms with Crippen molar-refractivity contribution in [2.24, 2.45) is 0 Å². The Bertz CT molecular complexity index is 585. The van der Waals surface area contributed by atoms with Crippen LogP contribution >= 0.6 is 0 Å². The molecule has 0 radical (unpaired) electrons. The number of hydrogen-bond acceptors (Lipinski definition) is 2. The first-order valence-electron chi connectivity index (χ1n) is 5.62. The zero-order valence-corrected chi connectivity index (χ0v) is 9.76. The summed E-state index contributed by atoms with van der Waals surface area (Å²) < 4.78 is 0. The largest absolute Gasteiger partial charge is 0.322 e. The Morgan fingerprint density at radius 1 is 1.06 bits per heavy atom. The number of benzene rings is 2. The Labute approximate surface area is 106 Å². The van der Waals surface area contributed by atoms with Crippen LogP contribution in [-0.2, 0) is 6.42 Å². The highest BCUT2D eigenvalue weighted by Crippen LogP contribution is 2.13. The van der Waals surface area contributed by atoms with Crippen LogP contribution < -0.4 is 5.32 Å². The van der Waals surface area contributed by atoms with Crippen LogP contribution in [0.4, 0.5) is 5.69 Å². The van der Waals surface area contributed by atoms with Gasteiger partial charge in [0.15, 0.2) is 0 Å². The van der Waals surface area contributed by atoms with E-state index in [4.69, 9.17) is 5.26 Å². The van der Waals surface area contributed by atoms with E-state index in [9.17, 15) is 4.79 Å². The Balaban J connectivity index is 2.22. The number of para-hydroxylation sites is 1. The third kappa shape index (κ3) is 2.74. The summed E-state index contributed by atoms with van der Waals surface area (Å²) in [6.45, 7) is 0. The zero-order chi connectivity index (χ0) is 12.8. The second-order valence-corrected chi connectivity index (χ2v) is 3.81. The van der Waals surface area contributed by atoms with Crippen molar-refractivity contribution in [2.75, 3.05) is 5.32 Å². The average molecular weight is 236 g/mol. The normalized spacial score (nSPS) is 9.50. The number of nitrogens with zero attached hydrogens (tertiary/aromatic N) is 1. The summed E-state index contributed by atoms with van der Waals surface area (Å²) in [5, 5.41) is 11.5. The fourth-order valence-corrected chi connectivity index (χ4v) is 1.70. The van der Waals surface area contributed by atoms with Crippen molar-refractivity contribution < 1.29 is 4.79 Å². The molecule has 2 aromatic carbocycles. The summed E-state index contributed by atoms with van der Waals surface area (Å²) in [7, 11) is 0. The Hall–Kier alpha value is -2.60. The van der Waals surface area contributed by atoms with Crippen molar-refractivity contribution in [2.45, 2.75) is 6.42 Å². The standard InChI is InChI=1S/C15H12N2O/c16-11-10-12-6-4-5-9-14(12)15(18)17-13-7-2-1-3-8-13/h1-9H,10H2,(H,17,18). The maximum atomic E-state index is 12.1. The van der Waals surface area contributed by atoms with E-state index in [1.165, 1.54) is 0 Å². The van der Waals surface area contributed by atoms with Gasteiger partial charge in [0.05, 0.1) is 12.5 Å². The Kier molecular flexibility index (Phi) is 3.72. The van der Waals surface area contributed by atoms with E-state index >= 15 is 0 Å². The van der Waals surface area contributed by atoms with E-state index in [0.29, 0.717) is 5.56 Å². The molecule has 0 heterocycles. The van der Waals surface area contributed by atoms with Crippen molar-refractivity contribution in [1.82, 2.24) is 0 Å². The van der Waals surface area contributed by atoms with Gasteiger partial charge in [0, 0.05) is 11.3 Å². The quantitative estimate of drug-likeness (QED) is 0.890. The van der Waals surface area contributed by atoms with Crippen LogP contribution in [0.15, 0.2) is 54.6 Å². The molecule has 0 atom stereocenters. The van der Waals surface area contributed by atoms with Gasteiger partial charge in [-0.3, -0.25) is 4.79 Å². The number of rotatable bonds is 3. The molecule has 0 unspecified atom stereocenters. The molecule has 2 rings (SSSR count). The third-order valence-electron chi connectivity index (χ3n) is 2.56. The van der Waals surface area contributed by atoms with E-state index in [0.717, 1.165) is 11.3 Å². The topological polar surface area (TPSA) is 52.9 Å².